The fourth-order valence-corrected chi connectivity index (χ4v) is 1.97. The molecule has 0 rings (SSSR count). The van der Waals surface area contributed by atoms with Crippen LogP contribution in [0.15, 0.2) is 0 Å². The highest BCUT2D eigenvalue weighted by Crippen LogP contribution is 2.22. The Bertz CT molecular complexity index is 436. The van der Waals surface area contributed by atoms with Crippen LogP contribution >= 0.6 is 17.4 Å². The molecule has 0 aromatic rings. The molecule has 2 radical (unpaired) electrons. The molecule has 0 saturated heterocycles. The van der Waals surface area contributed by atoms with E-state index < -0.39 is 29.9 Å². The number of hydrogen-bond acceptors (Lipinski definition) is 6. The lowest BCUT2D eigenvalue weighted by molar-refractivity contribution is -0.138. The summed E-state index contributed by atoms with van der Waals surface area (Å²) in [5, 5.41) is 4.82. The molecule has 4 atom stereocenters. The van der Waals surface area contributed by atoms with Crippen LogP contribution in [0.1, 0.15) is 20.3 Å². The van der Waals surface area contributed by atoms with E-state index in [1.807, 2.05) is 0 Å². The summed E-state index contributed by atoms with van der Waals surface area (Å²) in [5.74, 6) is -2.04. The van der Waals surface area contributed by atoms with Crippen LogP contribution in [0.25, 0.3) is 0 Å². The van der Waals surface area contributed by atoms with Crippen LogP contribution in [0.2, 0.25) is 0 Å². The summed E-state index contributed by atoms with van der Waals surface area (Å²) in [4.78, 5) is 47.6. The van der Waals surface area contributed by atoms with E-state index in [4.69, 9.17) is 12.5 Å². The lowest BCUT2D eigenvalue weighted by atomic mass is 10.1. The number of likely N-dealkylation sites (N-methyl/N-ethyl adjacent to an activating group) is 1. The Kier molecular flexibility index (Phi) is 10.2. The Labute approximate surface area is 134 Å². The number of nitrogens with one attached hydrogen (secondary N) is 2. The normalized spacial score (nSPS) is 13.7. The number of rotatable bonds is 9. The molecule has 122 valence electrons. The Morgan fingerprint density at radius 1 is 1.32 bits per heavy atom. The third kappa shape index (κ3) is 9.08. The summed E-state index contributed by atoms with van der Waals surface area (Å²) >= 11 is 0. The number of ketones is 1. The smallest absolute Gasteiger partial charge is 0.311 e. The van der Waals surface area contributed by atoms with Crippen LogP contribution in [0, 0.1) is 0 Å². The van der Waals surface area contributed by atoms with E-state index in [2.05, 4.69) is 19.6 Å². The molecule has 0 aliphatic carbocycles. The van der Waals surface area contributed by atoms with E-state index in [1.165, 1.54) is 20.9 Å². The van der Waals surface area contributed by atoms with Crippen molar-refractivity contribution in [1.82, 2.24) is 15.4 Å². The monoisotopic (exact) mass is 347 g/mol. The molecule has 2 N–H and O–H groups in total. The highest BCUT2D eigenvalue weighted by molar-refractivity contribution is 8.00. The molecule has 0 heterocycles. The van der Waals surface area contributed by atoms with Crippen molar-refractivity contribution in [3.8, 4) is 0 Å². The first-order chi connectivity index (χ1) is 10.2. The summed E-state index contributed by atoms with van der Waals surface area (Å²) in [5.41, 5.74) is 0. The number of carbonyl (C=O) groups excluding carboxylic acids is 4. The number of carbonyl (C=O) groups is 4. The van der Waals surface area contributed by atoms with E-state index in [-0.39, 0.29) is 27.2 Å². The van der Waals surface area contributed by atoms with Crippen LogP contribution in [0.4, 0.5) is 0 Å². The van der Waals surface area contributed by atoms with Gasteiger partial charge in [0.25, 0.3) is 0 Å². The SMILES string of the molecule is [B]N(C)CC(=O)NC(CC(=O)OPP)C(=O)NC(C)C(C)=O. The van der Waals surface area contributed by atoms with E-state index in [0.29, 0.717) is 0 Å². The van der Waals surface area contributed by atoms with Gasteiger partial charge in [0.1, 0.15) is 6.04 Å². The van der Waals surface area contributed by atoms with E-state index in [9.17, 15) is 19.2 Å². The van der Waals surface area contributed by atoms with Crippen LogP contribution in [-0.2, 0) is 23.7 Å². The molecule has 0 aromatic heterocycles. The first kappa shape index (κ1) is 21.0. The van der Waals surface area contributed by atoms with Crippen LogP contribution in [-0.4, -0.2) is 62.0 Å². The first-order valence-corrected chi connectivity index (χ1v) is 9.10. The molecule has 22 heavy (non-hydrogen) atoms. The minimum atomic E-state index is -1.14. The van der Waals surface area contributed by atoms with Gasteiger partial charge in [0.05, 0.1) is 27.5 Å². The minimum absolute atomic E-state index is 0.144. The van der Waals surface area contributed by atoms with Crippen molar-refractivity contribution in [2.75, 3.05) is 13.6 Å². The predicted octanol–water partition coefficient (Wildman–Crippen LogP) is -1.10. The molecular weight excluding hydrogens is 327 g/mol. The van der Waals surface area contributed by atoms with Crippen molar-refractivity contribution in [1.29, 1.82) is 0 Å². The Morgan fingerprint density at radius 2 is 1.91 bits per heavy atom. The number of Topliss-reactive ketones (excluding diaryl/α,β-unsaturated/α-hetero) is 1. The summed E-state index contributed by atoms with van der Waals surface area (Å²) in [7, 11) is 8.92. The maximum Gasteiger partial charge on any atom is 0.311 e. The maximum absolute atomic E-state index is 12.1. The lowest BCUT2D eigenvalue weighted by Crippen LogP contribution is -2.52. The van der Waals surface area contributed by atoms with Crippen molar-refractivity contribution in [2.24, 2.45) is 0 Å². The van der Waals surface area contributed by atoms with Crippen LogP contribution in [0.3, 0.4) is 0 Å². The highest BCUT2D eigenvalue weighted by Gasteiger charge is 2.26. The average Bonchev–Trinajstić information content (AvgIpc) is 2.36. The van der Waals surface area contributed by atoms with Crippen molar-refractivity contribution in [3.63, 3.8) is 0 Å². The number of nitrogens with zero attached hydrogens (tertiary/aromatic N) is 1. The van der Waals surface area contributed by atoms with Crippen molar-refractivity contribution >= 4 is 49.0 Å². The van der Waals surface area contributed by atoms with Gasteiger partial charge in [0, 0.05) is 0 Å². The second-order valence-electron chi connectivity index (χ2n) is 4.67. The van der Waals surface area contributed by atoms with Gasteiger partial charge in [-0.25, -0.2) is 0 Å². The van der Waals surface area contributed by atoms with Gasteiger partial charge in [-0.05, 0) is 20.9 Å². The molecule has 0 aliphatic rings. The third-order valence-corrected chi connectivity index (χ3v) is 3.26. The molecule has 0 spiro atoms. The number of hydrogen-bond donors (Lipinski definition) is 2. The van der Waals surface area contributed by atoms with Gasteiger partial charge in [-0.2, -0.15) is 0 Å². The fourth-order valence-electron chi connectivity index (χ4n) is 1.37. The molecule has 0 aromatic carbocycles. The first-order valence-electron chi connectivity index (χ1n) is 6.38. The van der Waals surface area contributed by atoms with Crippen molar-refractivity contribution < 1.29 is 23.7 Å². The van der Waals surface area contributed by atoms with Gasteiger partial charge in [0.2, 0.25) is 11.8 Å². The maximum atomic E-state index is 12.1. The molecule has 0 fully saturated rings. The van der Waals surface area contributed by atoms with Gasteiger partial charge < -0.3 is 20.0 Å². The quantitative estimate of drug-likeness (QED) is 0.405. The predicted molar refractivity (Wildman–Crippen MR) is 87.3 cm³/mol. The Morgan fingerprint density at radius 3 is 2.36 bits per heavy atom. The molecular formula is C11H20BN3O5P2. The molecule has 4 unspecified atom stereocenters. The second-order valence-corrected chi connectivity index (χ2v) is 5.82. The highest BCUT2D eigenvalue weighted by atomic mass is 32.0. The molecule has 2 amide bonds. The van der Waals surface area contributed by atoms with Gasteiger partial charge in [-0.15, -0.1) is 0 Å². The van der Waals surface area contributed by atoms with Gasteiger partial charge in [-0.1, -0.05) is 8.93 Å². The van der Waals surface area contributed by atoms with E-state index in [0.717, 1.165) is 4.81 Å². The average molecular weight is 347 g/mol. The van der Waals surface area contributed by atoms with Crippen LogP contribution < -0.4 is 10.6 Å². The Balaban J connectivity index is 4.83. The van der Waals surface area contributed by atoms with Crippen LogP contribution in [0.5, 0.6) is 0 Å². The fraction of sp³-hybridized carbons (Fsp3) is 0.636. The van der Waals surface area contributed by atoms with E-state index in [1.54, 1.807) is 0 Å². The van der Waals surface area contributed by atoms with Gasteiger partial charge in [0.15, 0.2) is 13.8 Å². The summed E-state index contributed by atoms with van der Waals surface area (Å²) in [6.07, 6.45) is -0.335. The summed E-state index contributed by atoms with van der Waals surface area (Å²) in [6, 6.07) is -1.85. The van der Waals surface area contributed by atoms with Gasteiger partial charge >= 0.3 is 5.97 Å². The zero-order chi connectivity index (χ0) is 17.3. The second kappa shape index (κ2) is 10.7. The lowest BCUT2D eigenvalue weighted by Gasteiger charge is -2.20. The summed E-state index contributed by atoms with van der Waals surface area (Å²) in [6.45, 7) is 2.69. The molecule has 8 nitrogen and oxygen atoms in total. The van der Waals surface area contributed by atoms with Gasteiger partial charge in [-0.3, -0.25) is 19.2 Å². The molecule has 0 saturated carbocycles. The standard InChI is InChI=1S/C11H20BN3O5P2/c1-6(7(2)16)13-11(19)8(4-10(18)20-22-21)14-9(17)5-15(3)12/h6,8,22H,4-5,21H2,1-3H3,(H,13,19)(H,14,17). The number of amides is 2. The Hall–Kier alpha value is -1.04. The van der Waals surface area contributed by atoms with Crippen molar-refractivity contribution in [2.45, 2.75) is 32.4 Å². The summed E-state index contributed by atoms with van der Waals surface area (Å²) < 4.78 is 4.76. The topological polar surface area (TPSA) is 105 Å². The molecule has 0 aliphatic heterocycles. The zero-order valence-corrected chi connectivity index (χ0v) is 14.9. The molecule has 0 bridgehead atoms. The minimum Gasteiger partial charge on any atom is -0.444 e. The molecule has 11 heteroatoms. The van der Waals surface area contributed by atoms with Crippen molar-refractivity contribution in [3.05, 3.63) is 0 Å². The largest absolute Gasteiger partial charge is 0.444 e. The van der Waals surface area contributed by atoms with E-state index >= 15 is 0 Å². The third-order valence-electron chi connectivity index (χ3n) is 2.56. The zero-order valence-electron chi connectivity index (χ0n) is 12.7.